The number of hydrogen-bond acceptors (Lipinski definition) is 7. The fraction of sp³-hybridized carbons (Fsp3) is 0.429. The first-order valence-corrected chi connectivity index (χ1v) is 13.3. The van der Waals surface area contributed by atoms with Gasteiger partial charge < -0.3 is 24.6 Å². The minimum atomic E-state index is -0.870. The molecule has 1 unspecified atom stereocenters. The lowest BCUT2D eigenvalue weighted by molar-refractivity contribution is 0.0725. The second-order valence-corrected chi connectivity index (χ2v) is 10.8. The number of aliphatic hydroxyl groups is 1. The highest BCUT2D eigenvalue weighted by Crippen LogP contribution is 2.41. The Morgan fingerprint density at radius 1 is 1.23 bits per heavy atom. The predicted molar refractivity (Wildman–Crippen MR) is 146 cm³/mol. The van der Waals surface area contributed by atoms with Gasteiger partial charge in [-0.05, 0) is 49.1 Å². The predicted octanol–water partition coefficient (Wildman–Crippen LogP) is 3.47. The molecule has 3 aromatic rings. The first-order valence-electron chi connectivity index (χ1n) is 12.9. The van der Waals surface area contributed by atoms with Crippen LogP contribution in [0.2, 0.25) is 5.02 Å². The molecule has 0 saturated carbocycles. The molecule has 1 fully saturated rings. The fourth-order valence-electron chi connectivity index (χ4n) is 4.94. The first kappa shape index (κ1) is 27.1. The molecule has 0 bridgehead atoms. The summed E-state index contributed by atoms with van der Waals surface area (Å²) < 4.78 is 19.3. The third-order valence-corrected chi connectivity index (χ3v) is 7.59. The highest BCUT2D eigenvalue weighted by Gasteiger charge is 2.33. The van der Waals surface area contributed by atoms with E-state index in [1.807, 2.05) is 26.8 Å². The molecule has 1 saturated heterocycles. The number of alkyl halides is 1. The molecular weight excluding hydrogens is 525 g/mol. The number of amides is 1. The lowest BCUT2D eigenvalue weighted by Crippen LogP contribution is -2.49. The fourth-order valence-corrected chi connectivity index (χ4v) is 5.24. The van der Waals surface area contributed by atoms with Crippen molar-refractivity contribution in [1.29, 1.82) is 0 Å². The van der Waals surface area contributed by atoms with E-state index < -0.39 is 6.17 Å². The Kier molecular flexibility index (Phi) is 7.59. The van der Waals surface area contributed by atoms with Crippen molar-refractivity contribution in [1.82, 2.24) is 19.9 Å². The molecule has 2 aliphatic heterocycles. The summed E-state index contributed by atoms with van der Waals surface area (Å²) in [5.41, 5.74) is 4.36. The Bertz CT molecular complexity index is 1460. The van der Waals surface area contributed by atoms with E-state index in [-0.39, 0.29) is 55.3 Å². The van der Waals surface area contributed by atoms with Gasteiger partial charge in [0.25, 0.3) is 11.5 Å². The van der Waals surface area contributed by atoms with Crippen molar-refractivity contribution in [3.8, 4) is 16.9 Å². The molecule has 11 heteroatoms. The molecule has 206 valence electrons. The number of aromatic amines is 1. The quantitative estimate of drug-likeness (QED) is 0.438. The molecular formula is C28H31ClFN5O4. The number of aryl methyl sites for hydroxylation is 2. The summed E-state index contributed by atoms with van der Waals surface area (Å²) in [7, 11) is 0. The lowest BCUT2D eigenvalue weighted by Gasteiger charge is -2.34. The van der Waals surface area contributed by atoms with Crippen molar-refractivity contribution < 1.29 is 19.0 Å². The van der Waals surface area contributed by atoms with Crippen LogP contribution in [0, 0.1) is 19.8 Å². The number of pyridine rings is 1. The normalized spacial score (nSPS) is 16.2. The van der Waals surface area contributed by atoms with Gasteiger partial charge >= 0.3 is 0 Å². The third kappa shape index (κ3) is 5.35. The van der Waals surface area contributed by atoms with Gasteiger partial charge in [0.2, 0.25) is 5.95 Å². The van der Waals surface area contributed by atoms with Crippen LogP contribution in [0.5, 0.6) is 5.75 Å². The maximum atomic E-state index is 13.8. The molecule has 5 rings (SSSR count). The van der Waals surface area contributed by atoms with Crippen molar-refractivity contribution in [3.05, 3.63) is 67.9 Å². The average Bonchev–Trinajstić information content (AvgIpc) is 2.89. The number of H-pyrrole nitrogens is 1. The molecule has 1 amide bonds. The van der Waals surface area contributed by atoms with Crippen LogP contribution in [0.15, 0.2) is 29.3 Å². The van der Waals surface area contributed by atoms with Gasteiger partial charge in [0.05, 0.1) is 36.8 Å². The molecule has 0 radical (unpaired) electrons. The highest BCUT2D eigenvalue weighted by atomic mass is 35.5. The maximum Gasteiger partial charge on any atom is 0.256 e. The van der Waals surface area contributed by atoms with Crippen molar-refractivity contribution in [2.24, 2.45) is 5.92 Å². The molecule has 2 aliphatic rings. The Hall–Kier alpha value is -3.50. The molecule has 0 spiro atoms. The number of nitrogens with zero attached hydrogens (tertiary/aromatic N) is 4. The zero-order chi connectivity index (χ0) is 27.8. The van der Waals surface area contributed by atoms with Gasteiger partial charge in [-0.2, -0.15) is 0 Å². The van der Waals surface area contributed by atoms with Gasteiger partial charge in [0.15, 0.2) is 0 Å². The van der Waals surface area contributed by atoms with E-state index in [1.54, 1.807) is 28.3 Å². The van der Waals surface area contributed by atoms with Crippen LogP contribution < -0.4 is 15.2 Å². The van der Waals surface area contributed by atoms with Crippen molar-refractivity contribution >= 4 is 23.5 Å². The number of aromatic nitrogens is 3. The van der Waals surface area contributed by atoms with E-state index in [2.05, 4.69) is 15.0 Å². The number of carbonyl (C=O) groups excluding carboxylic acids is 1. The van der Waals surface area contributed by atoms with E-state index in [0.717, 1.165) is 22.4 Å². The monoisotopic (exact) mass is 555 g/mol. The Balaban J connectivity index is 1.52. The van der Waals surface area contributed by atoms with Crippen molar-refractivity contribution in [2.75, 3.05) is 37.7 Å². The lowest BCUT2D eigenvalue weighted by atomic mass is 9.90. The topological polar surface area (TPSA) is 112 Å². The van der Waals surface area contributed by atoms with Crippen LogP contribution in [0.25, 0.3) is 11.1 Å². The van der Waals surface area contributed by atoms with Crippen LogP contribution in [0.3, 0.4) is 0 Å². The van der Waals surface area contributed by atoms with Gasteiger partial charge in [-0.15, -0.1) is 0 Å². The van der Waals surface area contributed by atoms with E-state index in [1.165, 1.54) is 0 Å². The Morgan fingerprint density at radius 3 is 2.59 bits per heavy atom. The average molecular weight is 556 g/mol. The second kappa shape index (κ2) is 10.9. The number of ether oxygens (including phenoxy) is 1. The molecule has 1 atom stereocenters. The molecule has 2 aromatic heterocycles. The smallest absolute Gasteiger partial charge is 0.256 e. The molecule has 4 heterocycles. The number of aliphatic hydroxyl groups excluding tert-OH is 1. The summed E-state index contributed by atoms with van der Waals surface area (Å²) >= 11 is 6.79. The second-order valence-electron chi connectivity index (χ2n) is 10.4. The number of rotatable bonds is 8. The van der Waals surface area contributed by atoms with Gasteiger partial charge in [0, 0.05) is 48.3 Å². The first-order chi connectivity index (χ1) is 18.7. The Morgan fingerprint density at radius 2 is 1.95 bits per heavy atom. The number of nitrogens with one attached hydrogen (secondary N) is 1. The molecule has 39 heavy (non-hydrogen) atoms. The van der Waals surface area contributed by atoms with Gasteiger partial charge in [-0.3, -0.25) is 9.59 Å². The maximum absolute atomic E-state index is 13.8. The summed E-state index contributed by atoms with van der Waals surface area (Å²) in [6.07, 6.45) is 2.95. The number of anilines is 1. The van der Waals surface area contributed by atoms with Crippen LogP contribution in [0.1, 0.15) is 39.7 Å². The number of carbonyl (C=O) groups is 1. The summed E-state index contributed by atoms with van der Waals surface area (Å²) in [4.78, 5) is 41.5. The molecule has 2 N–H and O–H groups in total. The largest absolute Gasteiger partial charge is 0.492 e. The number of fused-ring (bicyclic) bond motifs is 1. The van der Waals surface area contributed by atoms with E-state index in [0.29, 0.717) is 41.4 Å². The van der Waals surface area contributed by atoms with Gasteiger partial charge in [0.1, 0.15) is 11.9 Å². The minimum absolute atomic E-state index is 0.0574. The number of halogens is 2. The van der Waals surface area contributed by atoms with Crippen LogP contribution in [-0.4, -0.2) is 69.9 Å². The highest BCUT2D eigenvalue weighted by molar-refractivity contribution is 6.35. The zero-order valence-corrected chi connectivity index (χ0v) is 22.9. The zero-order valence-electron chi connectivity index (χ0n) is 22.1. The summed E-state index contributed by atoms with van der Waals surface area (Å²) in [5, 5.41) is 9.64. The third-order valence-electron chi connectivity index (χ3n) is 7.22. The van der Waals surface area contributed by atoms with E-state index in [4.69, 9.17) is 16.3 Å². The Labute approximate surface area is 230 Å². The SMILES string of the molecule is Cc1cc(C)c(CN2CCc3c(-c4cnc(N5CC(F)C5)nc4)cc(OCC(C)CO)c(Cl)c3C2=O)c(=O)[nH]1. The van der Waals surface area contributed by atoms with Crippen LogP contribution >= 0.6 is 11.6 Å². The van der Waals surface area contributed by atoms with Gasteiger partial charge in [-0.1, -0.05) is 18.5 Å². The standard InChI is InChI=1S/C28H31ClFN5O4/c1-15(13-36)14-39-23-7-21(18-8-31-28(32-9-18)35-10-19(30)11-35)20-4-5-34(27(38)24(20)25(23)29)12-22-16(2)6-17(3)33-26(22)37/h6-9,15,19,36H,4-5,10-14H2,1-3H3,(H,33,37). The van der Waals surface area contributed by atoms with Crippen LogP contribution in [0.4, 0.5) is 10.3 Å². The summed E-state index contributed by atoms with van der Waals surface area (Å²) in [5.74, 6) is 0.333. The summed E-state index contributed by atoms with van der Waals surface area (Å²) in [6.45, 7) is 6.75. The summed E-state index contributed by atoms with van der Waals surface area (Å²) in [6, 6.07) is 3.67. The minimum Gasteiger partial charge on any atom is -0.492 e. The van der Waals surface area contributed by atoms with Gasteiger partial charge in [-0.25, -0.2) is 14.4 Å². The van der Waals surface area contributed by atoms with Crippen molar-refractivity contribution in [3.63, 3.8) is 0 Å². The number of benzene rings is 1. The molecule has 1 aromatic carbocycles. The van der Waals surface area contributed by atoms with E-state index >= 15 is 0 Å². The molecule has 9 nitrogen and oxygen atoms in total. The van der Waals surface area contributed by atoms with Crippen LogP contribution in [-0.2, 0) is 13.0 Å². The number of hydrogen-bond donors (Lipinski definition) is 2. The van der Waals surface area contributed by atoms with Crippen molar-refractivity contribution in [2.45, 2.75) is 39.9 Å². The molecule has 0 aliphatic carbocycles. The van der Waals surface area contributed by atoms with E-state index in [9.17, 15) is 19.1 Å².